The number of aliphatic carboxylic acids is 1. The summed E-state index contributed by atoms with van der Waals surface area (Å²) in [5.74, 6) is -1.81. The molecule has 0 spiro atoms. The van der Waals surface area contributed by atoms with Crippen LogP contribution in [0, 0.1) is 0 Å². The largest absolute Gasteiger partial charge is 0.478 e. The van der Waals surface area contributed by atoms with Gasteiger partial charge >= 0.3 is 11.9 Å². The topological polar surface area (TPSA) is 105 Å². The van der Waals surface area contributed by atoms with Crippen molar-refractivity contribution in [3.05, 3.63) is 35.9 Å². The number of nitrogens with two attached hydrogens (primary N) is 1. The van der Waals surface area contributed by atoms with Gasteiger partial charge in [0, 0.05) is 26.2 Å². The number of esters is 1. The number of rotatable bonds is 6. The van der Waals surface area contributed by atoms with Crippen LogP contribution in [0.4, 0.5) is 0 Å². The minimum Gasteiger partial charge on any atom is -0.478 e. The maximum absolute atomic E-state index is 12.0. The molecule has 1 aromatic rings. The van der Waals surface area contributed by atoms with Crippen LogP contribution < -0.4 is 11.1 Å². The average molecular weight is 307 g/mol. The van der Waals surface area contributed by atoms with Gasteiger partial charge in [-0.15, -0.1) is 0 Å². The van der Waals surface area contributed by atoms with E-state index in [9.17, 15) is 14.7 Å². The molecule has 22 heavy (non-hydrogen) atoms. The number of piperazine rings is 1. The third-order valence-corrected chi connectivity index (χ3v) is 3.57. The van der Waals surface area contributed by atoms with Crippen molar-refractivity contribution in [2.24, 2.45) is 5.73 Å². The zero-order chi connectivity index (χ0) is 15.9. The highest BCUT2D eigenvalue weighted by Gasteiger charge is 2.31. The fourth-order valence-electron chi connectivity index (χ4n) is 2.36. The SMILES string of the molecule is NC(c1ccccc1)C(OC(=O)CN1CCNCC1)C(=O)O. The summed E-state index contributed by atoms with van der Waals surface area (Å²) in [5, 5.41) is 12.5. The maximum Gasteiger partial charge on any atom is 0.347 e. The Bertz CT molecular complexity index is 503. The maximum atomic E-state index is 12.0. The van der Waals surface area contributed by atoms with Gasteiger partial charge in [-0.25, -0.2) is 4.79 Å². The van der Waals surface area contributed by atoms with Crippen molar-refractivity contribution in [1.29, 1.82) is 0 Å². The van der Waals surface area contributed by atoms with Gasteiger partial charge in [0.1, 0.15) is 0 Å². The first kappa shape index (κ1) is 16.4. The molecular weight excluding hydrogens is 286 g/mol. The highest BCUT2D eigenvalue weighted by molar-refractivity contribution is 5.79. The van der Waals surface area contributed by atoms with E-state index in [2.05, 4.69) is 5.32 Å². The first-order valence-corrected chi connectivity index (χ1v) is 7.24. The molecular formula is C15H21N3O4. The number of hydrogen-bond acceptors (Lipinski definition) is 6. The molecule has 7 nitrogen and oxygen atoms in total. The van der Waals surface area contributed by atoms with Crippen LogP contribution in [-0.2, 0) is 14.3 Å². The number of nitrogens with zero attached hydrogens (tertiary/aromatic N) is 1. The van der Waals surface area contributed by atoms with Crippen LogP contribution >= 0.6 is 0 Å². The number of ether oxygens (including phenoxy) is 1. The molecule has 0 aliphatic carbocycles. The van der Waals surface area contributed by atoms with E-state index in [0.717, 1.165) is 26.2 Å². The lowest BCUT2D eigenvalue weighted by molar-refractivity contribution is -0.166. The van der Waals surface area contributed by atoms with E-state index in [1.807, 2.05) is 11.0 Å². The van der Waals surface area contributed by atoms with Crippen LogP contribution in [0.2, 0.25) is 0 Å². The minimum atomic E-state index is -1.39. The monoisotopic (exact) mass is 307 g/mol. The van der Waals surface area contributed by atoms with Gasteiger partial charge in [0.15, 0.2) is 0 Å². The molecule has 2 atom stereocenters. The van der Waals surface area contributed by atoms with E-state index < -0.39 is 24.1 Å². The molecule has 0 aromatic heterocycles. The van der Waals surface area contributed by atoms with Crippen molar-refractivity contribution in [3.8, 4) is 0 Å². The van der Waals surface area contributed by atoms with E-state index in [-0.39, 0.29) is 6.54 Å². The second kappa shape index (κ2) is 7.88. The van der Waals surface area contributed by atoms with Crippen molar-refractivity contribution in [2.45, 2.75) is 12.1 Å². The van der Waals surface area contributed by atoms with Gasteiger partial charge in [-0.1, -0.05) is 30.3 Å². The number of carbonyl (C=O) groups excluding carboxylic acids is 1. The fourth-order valence-corrected chi connectivity index (χ4v) is 2.36. The predicted octanol–water partition coefficient (Wildman–Crippen LogP) is -0.412. The van der Waals surface area contributed by atoms with Crippen molar-refractivity contribution < 1.29 is 19.4 Å². The van der Waals surface area contributed by atoms with Gasteiger partial charge in [-0.3, -0.25) is 9.69 Å². The van der Waals surface area contributed by atoms with E-state index in [4.69, 9.17) is 10.5 Å². The third-order valence-electron chi connectivity index (χ3n) is 3.57. The molecule has 1 aliphatic heterocycles. The summed E-state index contributed by atoms with van der Waals surface area (Å²) in [7, 11) is 0. The smallest absolute Gasteiger partial charge is 0.347 e. The normalized spacial score (nSPS) is 18.4. The zero-order valence-electron chi connectivity index (χ0n) is 12.3. The first-order valence-electron chi connectivity index (χ1n) is 7.24. The van der Waals surface area contributed by atoms with Crippen molar-refractivity contribution in [2.75, 3.05) is 32.7 Å². The Morgan fingerprint density at radius 2 is 1.91 bits per heavy atom. The minimum absolute atomic E-state index is 0.0764. The summed E-state index contributed by atoms with van der Waals surface area (Å²) in [4.78, 5) is 25.2. The third kappa shape index (κ3) is 4.52. The molecule has 0 saturated carbocycles. The second-order valence-corrected chi connectivity index (χ2v) is 5.21. The molecule has 120 valence electrons. The summed E-state index contributed by atoms with van der Waals surface area (Å²) in [6.07, 6.45) is -1.39. The van der Waals surface area contributed by atoms with Crippen molar-refractivity contribution >= 4 is 11.9 Å². The molecule has 1 aromatic carbocycles. The molecule has 0 amide bonds. The van der Waals surface area contributed by atoms with Crippen molar-refractivity contribution in [3.63, 3.8) is 0 Å². The average Bonchev–Trinajstić information content (AvgIpc) is 2.53. The molecule has 7 heteroatoms. The Kier molecular flexibility index (Phi) is 5.88. The van der Waals surface area contributed by atoms with Crippen LogP contribution in [0.3, 0.4) is 0 Å². The quantitative estimate of drug-likeness (QED) is 0.613. The number of nitrogens with one attached hydrogen (secondary N) is 1. The Balaban J connectivity index is 1.96. The molecule has 4 N–H and O–H groups in total. The van der Waals surface area contributed by atoms with Crippen LogP contribution in [0.25, 0.3) is 0 Å². The summed E-state index contributed by atoms with van der Waals surface area (Å²) >= 11 is 0. The predicted molar refractivity (Wildman–Crippen MR) is 80.2 cm³/mol. The lowest BCUT2D eigenvalue weighted by Crippen LogP contribution is -2.47. The lowest BCUT2D eigenvalue weighted by atomic mass is 10.0. The van der Waals surface area contributed by atoms with E-state index in [0.29, 0.717) is 5.56 Å². The molecule has 0 bridgehead atoms. The van der Waals surface area contributed by atoms with Crippen molar-refractivity contribution in [1.82, 2.24) is 10.2 Å². The van der Waals surface area contributed by atoms with Gasteiger partial charge < -0.3 is 20.9 Å². The van der Waals surface area contributed by atoms with Gasteiger partial charge in [-0.2, -0.15) is 0 Å². The summed E-state index contributed by atoms with van der Waals surface area (Å²) in [5.41, 5.74) is 6.56. The number of benzene rings is 1. The summed E-state index contributed by atoms with van der Waals surface area (Å²) in [6, 6.07) is 7.86. The number of carbonyl (C=O) groups is 2. The fraction of sp³-hybridized carbons (Fsp3) is 0.467. The van der Waals surface area contributed by atoms with Crippen LogP contribution in [0.5, 0.6) is 0 Å². The highest BCUT2D eigenvalue weighted by Crippen LogP contribution is 2.17. The first-order chi connectivity index (χ1) is 10.6. The summed E-state index contributed by atoms with van der Waals surface area (Å²) in [6.45, 7) is 3.15. The molecule has 0 radical (unpaired) electrons. The van der Waals surface area contributed by atoms with Gasteiger partial charge in [-0.05, 0) is 5.56 Å². The Labute approximate surface area is 129 Å². The highest BCUT2D eigenvalue weighted by atomic mass is 16.6. The molecule has 1 aliphatic rings. The Morgan fingerprint density at radius 3 is 2.50 bits per heavy atom. The van der Waals surface area contributed by atoms with Gasteiger partial charge in [0.25, 0.3) is 0 Å². The second-order valence-electron chi connectivity index (χ2n) is 5.21. The lowest BCUT2D eigenvalue weighted by Gasteiger charge is -2.27. The standard InChI is InChI=1S/C15H21N3O4/c16-13(11-4-2-1-3-5-11)14(15(20)21)22-12(19)10-18-8-6-17-7-9-18/h1-5,13-14,17H,6-10,16H2,(H,20,21). The molecule has 2 unspecified atom stereocenters. The van der Waals surface area contributed by atoms with Crippen LogP contribution in [-0.4, -0.2) is 60.8 Å². The van der Waals surface area contributed by atoms with E-state index in [1.165, 1.54) is 0 Å². The molecule has 2 rings (SSSR count). The van der Waals surface area contributed by atoms with Gasteiger partial charge in [0.05, 0.1) is 12.6 Å². The number of hydrogen-bond donors (Lipinski definition) is 3. The number of carboxylic acid groups (broad SMARTS) is 1. The Morgan fingerprint density at radius 1 is 1.27 bits per heavy atom. The van der Waals surface area contributed by atoms with E-state index in [1.54, 1.807) is 24.3 Å². The molecule has 1 fully saturated rings. The molecule has 1 heterocycles. The van der Waals surface area contributed by atoms with E-state index >= 15 is 0 Å². The number of carboxylic acids is 1. The van der Waals surface area contributed by atoms with Crippen LogP contribution in [0.1, 0.15) is 11.6 Å². The molecule has 1 saturated heterocycles. The zero-order valence-corrected chi connectivity index (χ0v) is 12.3. The van der Waals surface area contributed by atoms with Gasteiger partial charge in [0.2, 0.25) is 6.10 Å². The Hall–Kier alpha value is -1.96. The van der Waals surface area contributed by atoms with Crippen LogP contribution in [0.15, 0.2) is 30.3 Å². The summed E-state index contributed by atoms with van der Waals surface area (Å²) < 4.78 is 5.11.